The molecule has 0 aromatic heterocycles. The molecule has 0 bridgehead atoms. The number of methoxy groups -OCH3 is 1. The number of nitrogens with zero attached hydrogens (tertiary/aromatic N) is 2. The fraction of sp³-hybridized carbons (Fsp3) is 0.409. The maximum Gasteiger partial charge on any atom is 0.258 e. The van der Waals surface area contributed by atoms with Gasteiger partial charge in [-0.2, -0.15) is 0 Å². The first-order valence-electron chi connectivity index (χ1n) is 9.61. The van der Waals surface area contributed by atoms with E-state index in [0.717, 1.165) is 35.2 Å². The number of sulfonamides is 1. The highest BCUT2D eigenvalue weighted by molar-refractivity contribution is 7.89. The third-order valence-corrected chi connectivity index (χ3v) is 7.59. The number of rotatable bonds is 4. The fourth-order valence-corrected chi connectivity index (χ4v) is 5.01. The van der Waals surface area contributed by atoms with Gasteiger partial charge in [0.1, 0.15) is 5.75 Å². The highest BCUT2D eigenvalue weighted by Gasteiger charge is 2.30. The Morgan fingerprint density at radius 1 is 1.10 bits per heavy atom. The van der Waals surface area contributed by atoms with Gasteiger partial charge in [0, 0.05) is 26.2 Å². The molecular formula is C22H28N2O4S. The normalized spacial score (nSPS) is 14.1. The van der Waals surface area contributed by atoms with E-state index >= 15 is 0 Å². The summed E-state index contributed by atoms with van der Waals surface area (Å²) >= 11 is 0. The van der Waals surface area contributed by atoms with E-state index in [1.54, 1.807) is 25.0 Å². The molecule has 1 aliphatic heterocycles. The first-order chi connectivity index (χ1) is 13.6. The molecule has 0 saturated heterocycles. The van der Waals surface area contributed by atoms with Gasteiger partial charge < -0.3 is 9.64 Å². The zero-order valence-corrected chi connectivity index (χ0v) is 18.7. The van der Waals surface area contributed by atoms with Gasteiger partial charge in [0.15, 0.2) is 0 Å². The van der Waals surface area contributed by atoms with Crippen LogP contribution in [0.15, 0.2) is 29.2 Å². The topological polar surface area (TPSA) is 66.9 Å². The molecule has 0 unspecified atom stereocenters. The Hall–Kier alpha value is -2.38. The molecule has 0 aliphatic carbocycles. The van der Waals surface area contributed by atoms with Gasteiger partial charge in [-0.1, -0.05) is 6.07 Å². The third-order valence-electron chi connectivity index (χ3n) is 5.65. The zero-order valence-electron chi connectivity index (χ0n) is 17.9. The van der Waals surface area contributed by atoms with Gasteiger partial charge in [-0.3, -0.25) is 4.79 Å². The Morgan fingerprint density at radius 2 is 1.79 bits per heavy atom. The standard InChI is InChI=1S/C22H28N2O4S/c1-14-9-10-19(28-6)21-18(14)8-7-11-24(21)22(25)17-12-15(2)16(3)20(13-17)29(26,27)23(4)5/h9-10,12-13H,7-8,11H2,1-6H3. The molecule has 0 fully saturated rings. The van der Waals surface area contributed by atoms with Crippen LogP contribution in [-0.2, 0) is 16.4 Å². The van der Waals surface area contributed by atoms with Gasteiger partial charge in [-0.05, 0) is 74.1 Å². The third kappa shape index (κ3) is 3.65. The highest BCUT2D eigenvalue weighted by atomic mass is 32.2. The summed E-state index contributed by atoms with van der Waals surface area (Å²) in [4.78, 5) is 15.4. The second-order valence-corrected chi connectivity index (χ2v) is 9.80. The second kappa shape index (κ2) is 7.80. The van der Waals surface area contributed by atoms with Crippen LogP contribution >= 0.6 is 0 Å². The Kier molecular flexibility index (Phi) is 5.74. The average molecular weight is 417 g/mol. The number of benzene rings is 2. The van der Waals surface area contributed by atoms with Gasteiger partial charge in [0.25, 0.3) is 5.91 Å². The minimum atomic E-state index is -3.66. The van der Waals surface area contributed by atoms with Crippen molar-refractivity contribution in [2.24, 2.45) is 0 Å². The monoisotopic (exact) mass is 416 g/mol. The number of anilines is 1. The molecule has 2 aromatic carbocycles. The molecule has 156 valence electrons. The molecule has 6 nitrogen and oxygen atoms in total. The second-order valence-electron chi connectivity index (χ2n) is 7.68. The average Bonchev–Trinajstić information content (AvgIpc) is 2.69. The van der Waals surface area contributed by atoms with E-state index in [2.05, 4.69) is 0 Å². The Morgan fingerprint density at radius 3 is 2.41 bits per heavy atom. The summed E-state index contributed by atoms with van der Waals surface area (Å²) in [5.74, 6) is 0.441. The lowest BCUT2D eigenvalue weighted by atomic mass is 9.95. The molecule has 7 heteroatoms. The smallest absolute Gasteiger partial charge is 0.258 e. The van der Waals surface area contributed by atoms with Crippen molar-refractivity contribution >= 4 is 21.6 Å². The van der Waals surface area contributed by atoms with Crippen LogP contribution in [0.4, 0.5) is 5.69 Å². The summed E-state index contributed by atoms with van der Waals surface area (Å²) in [6, 6.07) is 7.14. The van der Waals surface area contributed by atoms with Crippen molar-refractivity contribution in [1.29, 1.82) is 0 Å². The van der Waals surface area contributed by atoms with E-state index in [-0.39, 0.29) is 10.8 Å². The molecular weight excluding hydrogens is 388 g/mol. The van der Waals surface area contributed by atoms with Crippen LogP contribution < -0.4 is 9.64 Å². The van der Waals surface area contributed by atoms with Gasteiger partial charge in [0.05, 0.1) is 17.7 Å². The molecule has 1 amide bonds. The molecule has 0 radical (unpaired) electrons. The highest BCUT2D eigenvalue weighted by Crippen LogP contribution is 2.39. The van der Waals surface area contributed by atoms with Crippen LogP contribution in [0, 0.1) is 20.8 Å². The number of hydrogen-bond donors (Lipinski definition) is 0. The van der Waals surface area contributed by atoms with Crippen LogP contribution in [0.1, 0.15) is 39.0 Å². The summed E-state index contributed by atoms with van der Waals surface area (Å²) < 4.78 is 32.3. The first kappa shape index (κ1) is 21.3. The summed E-state index contributed by atoms with van der Waals surface area (Å²) in [7, 11) is 0.925. The Labute approximate surface area is 173 Å². The van der Waals surface area contributed by atoms with Gasteiger partial charge in [-0.15, -0.1) is 0 Å². The van der Waals surface area contributed by atoms with Crippen molar-refractivity contribution in [1.82, 2.24) is 4.31 Å². The van der Waals surface area contributed by atoms with Gasteiger partial charge >= 0.3 is 0 Å². The van der Waals surface area contributed by atoms with E-state index in [9.17, 15) is 13.2 Å². The predicted molar refractivity (Wildman–Crippen MR) is 115 cm³/mol. The maximum atomic E-state index is 13.5. The van der Waals surface area contributed by atoms with Crippen LogP contribution in [0.3, 0.4) is 0 Å². The first-order valence-corrected chi connectivity index (χ1v) is 11.1. The largest absolute Gasteiger partial charge is 0.495 e. The molecule has 1 heterocycles. The lowest BCUT2D eigenvalue weighted by molar-refractivity contribution is 0.0984. The lowest BCUT2D eigenvalue weighted by Gasteiger charge is -2.32. The Bertz CT molecular complexity index is 1070. The minimum absolute atomic E-state index is 0.166. The SMILES string of the molecule is COc1ccc(C)c2c1N(C(=O)c1cc(C)c(C)c(S(=O)(=O)N(C)C)c1)CCC2. The Balaban J connectivity index is 2.15. The van der Waals surface area contributed by atoms with Crippen molar-refractivity contribution in [3.63, 3.8) is 0 Å². The van der Waals surface area contributed by atoms with Gasteiger partial charge in [-0.25, -0.2) is 12.7 Å². The number of amides is 1. The van der Waals surface area contributed by atoms with Crippen molar-refractivity contribution in [2.75, 3.05) is 32.6 Å². The number of ether oxygens (including phenoxy) is 1. The number of carbonyl (C=O) groups excluding carboxylic acids is 1. The lowest BCUT2D eigenvalue weighted by Crippen LogP contribution is -2.36. The zero-order chi connectivity index (χ0) is 21.5. The van der Waals surface area contributed by atoms with Crippen molar-refractivity contribution < 1.29 is 17.9 Å². The van der Waals surface area contributed by atoms with Crippen LogP contribution in [0.5, 0.6) is 5.75 Å². The quantitative estimate of drug-likeness (QED) is 0.766. The maximum absolute atomic E-state index is 13.5. The summed E-state index contributed by atoms with van der Waals surface area (Å²) in [6.45, 7) is 6.19. The minimum Gasteiger partial charge on any atom is -0.495 e. The van der Waals surface area contributed by atoms with Crippen LogP contribution in [0.25, 0.3) is 0 Å². The molecule has 0 saturated carbocycles. The number of fused-ring (bicyclic) bond motifs is 1. The van der Waals surface area contributed by atoms with E-state index < -0.39 is 10.0 Å². The van der Waals surface area contributed by atoms with Crippen molar-refractivity contribution in [3.8, 4) is 5.75 Å². The molecule has 0 atom stereocenters. The molecule has 0 spiro atoms. The fourth-order valence-electron chi connectivity index (χ4n) is 3.79. The molecule has 2 aromatic rings. The molecule has 29 heavy (non-hydrogen) atoms. The summed E-state index contributed by atoms with van der Waals surface area (Å²) in [5, 5.41) is 0. The van der Waals surface area contributed by atoms with E-state index in [1.165, 1.54) is 24.5 Å². The van der Waals surface area contributed by atoms with Crippen LogP contribution in [0.2, 0.25) is 0 Å². The number of aryl methyl sites for hydroxylation is 2. The van der Waals surface area contributed by atoms with Crippen molar-refractivity contribution in [2.45, 2.75) is 38.5 Å². The predicted octanol–water partition coefficient (Wildman–Crippen LogP) is 3.46. The molecule has 0 N–H and O–H groups in total. The van der Waals surface area contributed by atoms with E-state index in [0.29, 0.717) is 23.4 Å². The van der Waals surface area contributed by atoms with Crippen molar-refractivity contribution in [3.05, 3.63) is 52.1 Å². The summed E-state index contributed by atoms with van der Waals surface area (Å²) in [6.07, 6.45) is 1.73. The molecule has 3 rings (SSSR count). The van der Waals surface area contributed by atoms with E-state index in [1.807, 2.05) is 26.0 Å². The van der Waals surface area contributed by atoms with Gasteiger partial charge in [0.2, 0.25) is 10.0 Å². The number of hydrogen-bond acceptors (Lipinski definition) is 4. The van der Waals surface area contributed by atoms with Crippen LogP contribution in [-0.4, -0.2) is 46.4 Å². The van der Waals surface area contributed by atoms with E-state index in [4.69, 9.17) is 4.74 Å². The molecule has 1 aliphatic rings. The number of carbonyl (C=O) groups is 1. The summed E-state index contributed by atoms with van der Waals surface area (Å²) in [5.41, 5.74) is 4.81.